The van der Waals surface area contributed by atoms with E-state index in [2.05, 4.69) is 11.4 Å². The van der Waals surface area contributed by atoms with Crippen LogP contribution in [0.3, 0.4) is 0 Å². The third-order valence-electron chi connectivity index (χ3n) is 4.49. The van der Waals surface area contributed by atoms with Crippen LogP contribution in [0.2, 0.25) is 0 Å². The van der Waals surface area contributed by atoms with Gasteiger partial charge < -0.3 is 15.3 Å². The van der Waals surface area contributed by atoms with E-state index in [-0.39, 0.29) is 18.6 Å². The normalized spacial score (nSPS) is 15.6. The van der Waals surface area contributed by atoms with Crippen molar-refractivity contribution >= 4 is 22.2 Å². The summed E-state index contributed by atoms with van der Waals surface area (Å²) in [7, 11) is 1.89. The quantitative estimate of drug-likeness (QED) is 0.783. The number of aliphatic hydroxyl groups is 1. The van der Waals surface area contributed by atoms with Crippen molar-refractivity contribution in [2.24, 2.45) is 0 Å². The van der Waals surface area contributed by atoms with Crippen LogP contribution in [0.5, 0.6) is 0 Å². The lowest BCUT2D eigenvalue weighted by atomic mass is 10.1. The Bertz CT molecular complexity index is 591. The molecule has 1 aliphatic rings. The highest BCUT2D eigenvalue weighted by Crippen LogP contribution is 2.36. The fraction of sp³-hybridized carbons (Fsp3) is 0.647. The molecule has 1 aromatic heterocycles. The first-order valence-corrected chi connectivity index (χ1v) is 9.04. The molecule has 0 bridgehead atoms. The summed E-state index contributed by atoms with van der Waals surface area (Å²) in [5.74, 6) is -0.0742. The molecule has 1 aromatic rings. The number of amides is 1. The highest BCUT2D eigenvalue weighted by molar-refractivity contribution is 7.16. The van der Waals surface area contributed by atoms with Crippen LogP contribution in [0.4, 0.5) is 5.00 Å². The molecule has 0 fully saturated rings. The van der Waals surface area contributed by atoms with E-state index in [4.69, 9.17) is 5.11 Å². The average Bonchev–Trinajstić information content (AvgIpc) is 2.71. The maximum Gasteiger partial charge on any atom is 0.226 e. The zero-order chi connectivity index (χ0) is 16.8. The number of hydrogen-bond donors (Lipinski definition) is 2. The van der Waals surface area contributed by atoms with Crippen LogP contribution in [-0.2, 0) is 17.6 Å². The molecule has 0 spiro atoms. The molecule has 0 aromatic carbocycles. The van der Waals surface area contributed by atoms with Gasteiger partial charge in [0.05, 0.1) is 12.2 Å². The lowest BCUT2D eigenvalue weighted by molar-refractivity contribution is -0.116. The molecule has 2 N–H and O–H groups in total. The number of nitrogens with zero attached hydrogens (tertiary/aromatic N) is 2. The summed E-state index contributed by atoms with van der Waals surface area (Å²) in [5.41, 5.74) is 1.81. The molecule has 0 radical (unpaired) electrons. The first-order valence-electron chi connectivity index (χ1n) is 8.22. The van der Waals surface area contributed by atoms with Gasteiger partial charge in [-0.05, 0) is 45.2 Å². The molecule has 1 aliphatic carbocycles. The Labute approximate surface area is 141 Å². The number of rotatable bonds is 6. The number of thiophene rings is 1. The van der Waals surface area contributed by atoms with Gasteiger partial charge in [-0.3, -0.25) is 4.79 Å². The zero-order valence-electron chi connectivity index (χ0n) is 13.9. The van der Waals surface area contributed by atoms with Gasteiger partial charge in [-0.1, -0.05) is 6.42 Å². The molecule has 5 nitrogen and oxygen atoms in total. The Kier molecular flexibility index (Phi) is 6.58. The van der Waals surface area contributed by atoms with Crippen molar-refractivity contribution in [1.82, 2.24) is 4.90 Å². The standard InChI is InChI=1S/C17H25N3O2S/c1-12(11-21)20(2)9-8-16(22)19-17-14(10-18)13-6-4-3-5-7-15(13)23-17/h12,21H,3-9,11H2,1-2H3,(H,19,22). The second-order valence-electron chi connectivity index (χ2n) is 6.19. The number of hydrogen-bond acceptors (Lipinski definition) is 5. The second-order valence-corrected chi connectivity index (χ2v) is 7.30. The zero-order valence-corrected chi connectivity index (χ0v) is 14.7. The van der Waals surface area contributed by atoms with Crippen molar-refractivity contribution in [3.8, 4) is 6.07 Å². The molecule has 0 saturated heterocycles. The lowest BCUT2D eigenvalue weighted by Gasteiger charge is -2.22. The van der Waals surface area contributed by atoms with Crippen LogP contribution in [0, 0.1) is 11.3 Å². The molecule has 6 heteroatoms. The molecule has 0 aliphatic heterocycles. The molecule has 1 amide bonds. The van der Waals surface area contributed by atoms with Gasteiger partial charge in [-0.2, -0.15) is 5.26 Å². The van der Waals surface area contributed by atoms with Crippen LogP contribution < -0.4 is 5.32 Å². The molecule has 1 unspecified atom stereocenters. The Balaban J connectivity index is 2.00. The SMILES string of the molecule is CC(CO)N(C)CCC(=O)Nc1sc2c(c1C#N)CCCCC2. The lowest BCUT2D eigenvalue weighted by Crippen LogP contribution is -2.34. The van der Waals surface area contributed by atoms with Gasteiger partial charge in [-0.15, -0.1) is 11.3 Å². The minimum Gasteiger partial charge on any atom is -0.395 e. The van der Waals surface area contributed by atoms with Gasteiger partial charge in [0.1, 0.15) is 11.1 Å². The van der Waals surface area contributed by atoms with E-state index in [9.17, 15) is 10.1 Å². The number of aryl methyl sites for hydroxylation is 1. The van der Waals surface area contributed by atoms with Crippen molar-refractivity contribution in [2.75, 3.05) is 25.5 Å². The van der Waals surface area contributed by atoms with E-state index >= 15 is 0 Å². The second kappa shape index (κ2) is 8.44. The fourth-order valence-corrected chi connectivity index (χ4v) is 4.03. The van der Waals surface area contributed by atoms with Crippen LogP contribution in [-0.4, -0.2) is 42.2 Å². The fourth-order valence-electron chi connectivity index (χ4n) is 2.78. The van der Waals surface area contributed by atoms with Gasteiger partial charge in [0.15, 0.2) is 0 Å². The number of carbonyl (C=O) groups excluding carboxylic acids is 1. The monoisotopic (exact) mass is 335 g/mol. The topological polar surface area (TPSA) is 76.4 Å². The Morgan fingerprint density at radius 1 is 1.43 bits per heavy atom. The van der Waals surface area contributed by atoms with E-state index in [1.54, 1.807) is 11.3 Å². The summed E-state index contributed by atoms with van der Waals surface area (Å²) in [6.45, 7) is 2.58. The summed E-state index contributed by atoms with van der Waals surface area (Å²) in [5, 5.41) is 22.2. The Hall–Kier alpha value is -1.42. The minimum atomic E-state index is -0.0742. The molecule has 1 heterocycles. The maximum atomic E-state index is 12.2. The Morgan fingerprint density at radius 2 is 2.17 bits per heavy atom. The molecular formula is C17H25N3O2S. The number of anilines is 1. The maximum absolute atomic E-state index is 12.2. The van der Waals surface area contributed by atoms with Crippen molar-refractivity contribution in [3.63, 3.8) is 0 Å². The first-order chi connectivity index (χ1) is 11.1. The molecular weight excluding hydrogens is 310 g/mol. The van der Waals surface area contributed by atoms with Gasteiger partial charge in [-0.25, -0.2) is 0 Å². The molecule has 0 saturated carbocycles. The van der Waals surface area contributed by atoms with E-state index in [1.807, 2.05) is 18.9 Å². The average molecular weight is 335 g/mol. The van der Waals surface area contributed by atoms with Crippen molar-refractivity contribution in [3.05, 3.63) is 16.0 Å². The van der Waals surface area contributed by atoms with Crippen LogP contribution in [0.15, 0.2) is 0 Å². The van der Waals surface area contributed by atoms with Gasteiger partial charge >= 0.3 is 0 Å². The largest absolute Gasteiger partial charge is 0.395 e. The summed E-state index contributed by atoms with van der Waals surface area (Å²) >= 11 is 1.57. The Morgan fingerprint density at radius 3 is 2.87 bits per heavy atom. The predicted octanol–water partition coefficient (Wildman–Crippen LogP) is 2.53. The van der Waals surface area contributed by atoms with Crippen molar-refractivity contribution in [1.29, 1.82) is 5.26 Å². The van der Waals surface area contributed by atoms with E-state index in [0.717, 1.165) is 31.2 Å². The van der Waals surface area contributed by atoms with Gasteiger partial charge in [0, 0.05) is 23.9 Å². The number of fused-ring (bicyclic) bond motifs is 1. The van der Waals surface area contributed by atoms with Crippen molar-refractivity contribution < 1.29 is 9.90 Å². The van der Waals surface area contributed by atoms with Crippen LogP contribution in [0.25, 0.3) is 0 Å². The first kappa shape index (κ1) is 17.9. The van der Waals surface area contributed by atoms with E-state index in [1.165, 1.54) is 11.3 Å². The summed E-state index contributed by atoms with van der Waals surface area (Å²) < 4.78 is 0. The number of carbonyl (C=O) groups is 1. The van der Waals surface area contributed by atoms with Crippen LogP contribution >= 0.6 is 11.3 Å². The van der Waals surface area contributed by atoms with Crippen LogP contribution in [0.1, 0.15) is 48.6 Å². The third kappa shape index (κ3) is 4.54. The predicted molar refractivity (Wildman–Crippen MR) is 92.7 cm³/mol. The molecule has 126 valence electrons. The number of nitriles is 1. The van der Waals surface area contributed by atoms with Gasteiger partial charge in [0.25, 0.3) is 0 Å². The summed E-state index contributed by atoms with van der Waals surface area (Å²) in [6, 6.07) is 2.32. The smallest absolute Gasteiger partial charge is 0.226 e. The molecule has 1 atom stereocenters. The third-order valence-corrected chi connectivity index (χ3v) is 5.70. The van der Waals surface area contributed by atoms with Crippen molar-refractivity contribution in [2.45, 2.75) is 51.5 Å². The van der Waals surface area contributed by atoms with E-state index < -0.39 is 0 Å². The highest BCUT2D eigenvalue weighted by Gasteiger charge is 2.21. The number of aliphatic hydroxyl groups excluding tert-OH is 1. The van der Waals surface area contributed by atoms with Gasteiger partial charge in [0.2, 0.25) is 5.91 Å². The minimum absolute atomic E-state index is 0.0373. The number of nitrogens with one attached hydrogen (secondary N) is 1. The summed E-state index contributed by atoms with van der Waals surface area (Å²) in [4.78, 5) is 15.4. The molecule has 23 heavy (non-hydrogen) atoms. The highest BCUT2D eigenvalue weighted by atomic mass is 32.1. The summed E-state index contributed by atoms with van der Waals surface area (Å²) in [6.07, 6.45) is 5.81. The number of likely N-dealkylation sites (N-methyl/N-ethyl adjacent to an activating group) is 1. The van der Waals surface area contributed by atoms with E-state index in [0.29, 0.717) is 23.5 Å². The molecule has 2 rings (SSSR count).